The summed E-state index contributed by atoms with van der Waals surface area (Å²) in [4.78, 5) is 16.1. The van der Waals surface area contributed by atoms with E-state index in [0.717, 1.165) is 10.9 Å². The molecule has 0 radical (unpaired) electrons. The van der Waals surface area contributed by atoms with E-state index >= 15 is 0 Å². The van der Waals surface area contributed by atoms with Gasteiger partial charge in [-0.2, -0.15) is 18.0 Å². The SMILES string of the molecule is Cn1nnc(CNc2cc(C(=O)O)c(OCc3ccccc3)nc2C(F)(F)F)n1. The molecule has 12 heteroatoms. The van der Waals surface area contributed by atoms with Gasteiger partial charge in [-0.25, -0.2) is 9.78 Å². The van der Waals surface area contributed by atoms with Crippen LogP contribution in [0.3, 0.4) is 0 Å². The lowest BCUT2D eigenvalue weighted by Crippen LogP contribution is -2.17. The number of anilines is 1. The summed E-state index contributed by atoms with van der Waals surface area (Å²) in [6.07, 6.45) is -4.85. The number of aromatic nitrogens is 5. The summed E-state index contributed by atoms with van der Waals surface area (Å²) in [5.74, 6) is -1.98. The molecule has 3 aromatic rings. The van der Waals surface area contributed by atoms with Crippen LogP contribution in [0.5, 0.6) is 5.88 Å². The quantitative estimate of drug-likeness (QED) is 0.613. The van der Waals surface area contributed by atoms with Gasteiger partial charge in [0.2, 0.25) is 5.88 Å². The molecule has 0 saturated carbocycles. The number of hydrogen-bond acceptors (Lipinski definition) is 7. The second kappa shape index (κ2) is 8.12. The minimum absolute atomic E-state index is 0.127. The fourth-order valence-corrected chi connectivity index (χ4v) is 2.40. The number of aromatic carboxylic acids is 1. The molecule has 0 fully saturated rings. The molecular formula is C17H15F3N6O3. The molecule has 9 nitrogen and oxygen atoms in total. The molecule has 0 bridgehead atoms. The van der Waals surface area contributed by atoms with Gasteiger partial charge in [-0.3, -0.25) is 0 Å². The minimum atomic E-state index is -4.85. The zero-order valence-corrected chi connectivity index (χ0v) is 15.0. The molecule has 0 unspecified atom stereocenters. The van der Waals surface area contributed by atoms with Crippen LogP contribution in [0.2, 0.25) is 0 Å². The van der Waals surface area contributed by atoms with Gasteiger partial charge < -0.3 is 15.2 Å². The number of carboxylic acid groups (broad SMARTS) is 1. The number of carbonyl (C=O) groups is 1. The normalized spacial score (nSPS) is 11.3. The van der Waals surface area contributed by atoms with Gasteiger partial charge in [0.1, 0.15) is 12.2 Å². The molecule has 0 amide bonds. The fraction of sp³-hybridized carbons (Fsp3) is 0.235. The predicted molar refractivity (Wildman–Crippen MR) is 93.1 cm³/mol. The molecule has 0 aliphatic rings. The van der Waals surface area contributed by atoms with Gasteiger partial charge >= 0.3 is 12.1 Å². The first kappa shape index (κ1) is 20.0. The monoisotopic (exact) mass is 408 g/mol. The molecule has 1 aromatic carbocycles. The molecule has 2 N–H and O–H groups in total. The van der Waals surface area contributed by atoms with Gasteiger partial charge in [-0.05, 0) is 16.8 Å². The fourth-order valence-electron chi connectivity index (χ4n) is 2.40. The second-order valence-electron chi connectivity index (χ2n) is 5.86. The summed E-state index contributed by atoms with van der Waals surface area (Å²) in [7, 11) is 1.50. The van der Waals surface area contributed by atoms with Crippen molar-refractivity contribution in [2.24, 2.45) is 7.05 Å². The van der Waals surface area contributed by atoms with E-state index in [1.54, 1.807) is 30.3 Å². The maximum atomic E-state index is 13.5. The van der Waals surface area contributed by atoms with E-state index in [1.807, 2.05) is 0 Å². The van der Waals surface area contributed by atoms with Crippen LogP contribution >= 0.6 is 0 Å². The lowest BCUT2D eigenvalue weighted by Gasteiger charge is -2.16. The molecule has 29 heavy (non-hydrogen) atoms. The summed E-state index contributed by atoms with van der Waals surface area (Å²) in [6, 6.07) is 9.41. The molecule has 0 aliphatic carbocycles. The van der Waals surface area contributed by atoms with Crippen molar-refractivity contribution in [2.75, 3.05) is 5.32 Å². The predicted octanol–water partition coefficient (Wildman–Crippen LogP) is 2.51. The summed E-state index contributed by atoms with van der Waals surface area (Å²) in [6.45, 7) is -0.344. The van der Waals surface area contributed by atoms with Crippen LogP contribution in [-0.2, 0) is 26.4 Å². The van der Waals surface area contributed by atoms with Crippen molar-refractivity contribution in [3.8, 4) is 5.88 Å². The molecule has 0 atom stereocenters. The van der Waals surface area contributed by atoms with Gasteiger partial charge in [-0.1, -0.05) is 30.3 Å². The van der Waals surface area contributed by atoms with Gasteiger partial charge in [0, 0.05) is 0 Å². The Morgan fingerprint density at radius 2 is 2.00 bits per heavy atom. The lowest BCUT2D eigenvalue weighted by molar-refractivity contribution is -0.140. The average molecular weight is 408 g/mol. The number of halogens is 3. The average Bonchev–Trinajstić information content (AvgIpc) is 3.09. The number of tetrazole rings is 1. The van der Waals surface area contributed by atoms with Crippen LogP contribution in [0, 0.1) is 0 Å². The number of benzene rings is 1. The number of rotatable bonds is 7. The second-order valence-corrected chi connectivity index (χ2v) is 5.86. The Labute approximate surface area is 162 Å². The third-order valence-corrected chi connectivity index (χ3v) is 3.69. The van der Waals surface area contributed by atoms with Crippen molar-refractivity contribution in [3.63, 3.8) is 0 Å². The Hall–Kier alpha value is -3.70. The van der Waals surface area contributed by atoms with Crippen molar-refractivity contribution in [1.82, 2.24) is 25.2 Å². The minimum Gasteiger partial charge on any atom is -0.477 e. The molecular weight excluding hydrogens is 393 g/mol. The Morgan fingerprint density at radius 3 is 2.59 bits per heavy atom. The van der Waals surface area contributed by atoms with Crippen molar-refractivity contribution >= 4 is 11.7 Å². The highest BCUT2D eigenvalue weighted by Gasteiger charge is 2.37. The Morgan fingerprint density at radius 1 is 1.28 bits per heavy atom. The van der Waals surface area contributed by atoms with Crippen LogP contribution in [0.1, 0.15) is 27.4 Å². The molecule has 3 rings (SSSR count). The zero-order chi connectivity index (χ0) is 21.0. The molecule has 2 aromatic heterocycles. The lowest BCUT2D eigenvalue weighted by atomic mass is 10.2. The molecule has 0 spiro atoms. The van der Waals surface area contributed by atoms with Crippen LogP contribution in [-0.4, -0.2) is 36.3 Å². The summed E-state index contributed by atoms with van der Waals surface area (Å²) in [5.41, 5.74) is -1.71. The maximum Gasteiger partial charge on any atom is 0.435 e. The van der Waals surface area contributed by atoms with Crippen LogP contribution in [0.4, 0.5) is 18.9 Å². The van der Waals surface area contributed by atoms with Gasteiger partial charge in [-0.15, -0.1) is 10.2 Å². The Kier molecular flexibility index (Phi) is 5.61. The number of pyridine rings is 1. The first-order valence-corrected chi connectivity index (χ1v) is 8.23. The number of carboxylic acids is 1. The number of alkyl halides is 3. The van der Waals surface area contributed by atoms with Gasteiger partial charge in [0.25, 0.3) is 0 Å². The first-order chi connectivity index (χ1) is 13.7. The topological polar surface area (TPSA) is 115 Å². The molecule has 2 heterocycles. The van der Waals surface area contributed by atoms with Crippen LogP contribution < -0.4 is 10.1 Å². The number of nitrogens with zero attached hydrogens (tertiary/aromatic N) is 5. The van der Waals surface area contributed by atoms with E-state index in [-0.39, 0.29) is 19.0 Å². The standard InChI is InChI=1S/C17H15F3N6O3/c1-26-24-13(23-25-26)8-21-12-7-11(16(27)28)15(22-14(12)17(18,19)20)29-9-10-5-3-2-4-6-10/h2-7,21H,8-9H2,1H3,(H,27,28). The number of hydrogen-bond donors (Lipinski definition) is 2. The zero-order valence-electron chi connectivity index (χ0n) is 15.0. The van der Waals surface area contributed by atoms with Crippen molar-refractivity contribution in [2.45, 2.75) is 19.3 Å². The largest absolute Gasteiger partial charge is 0.477 e. The maximum absolute atomic E-state index is 13.5. The Bertz CT molecular complexity index is 1010. The summed E-state index contributed by atoms with van der Waals surface area (Å²) in [5, 5.41) is 22.9. The highest BCUT2D eigenvalue weighted by atomic mass is 19.4. The third kappa shape index (κ3) is 4.97. The van der Waals surface area contributed by atoms with E-state index in [2.05, 4.69) is 25.7 Å². The molecule has 152 valence electrons. The van der Waals surface area contributed by atoms with Gasteiger partial charge in [0.05, 0.1) is 19.3 Å². The smallest absolute Gasteiger partial charge is 0.435 e. The number of ether oxygens (including phenoxy) is 1. The third-order valence-electron chi connectivity index (χ3n) is 3.69. The molecule has 0 saturated heterocycles. The van der Waals surface area contributed by atoms with Crippen molar-refractivity contribution < 1.29 is 27.8 Å². The molecule has 0 aliphatic heterocycles. The van der Waals surface area contributed by atoms with Gasteiger partial charge in [0.15, 0.2) is 11.5 Å². The highest BCUT2D eigenvalue weighted by molar-refractivity contribution is 5.91. The Balaban J connectivity index is 1.92. The van der Waals surface area contributed by atoms with E-state index in [1.165, 1.54) is 7.05 Å². The summed E-state index contributed by atoms with van der Waals surface area (Å²) >= 11 is 0. The van der Waals surface area contributed by atoms with E-state index in [9.17, 15) is 23.1 Å². The van der Waals surface area contributed by atoms with E-state index < -0.39 is 35.0 Å². The first-order valence-electron chi connectivity index (χ1n) is 8.23. The van der Waals surface area contributed by atoms with Crippen LogP contribution in [0.25, 0.3) is 0 Å². The highest BCUT2D eigenvalue weighted by Crippen LogP contribution is 2.36. The van der Waals surface area contributed by atoms with Crippen molar-refractivity contribution in [3.05, 3.63) is 59.0 Å². The van der Waals surface area contributed by atoms with E-state index in [0.29, 0.717) is 5.56 Å². The van der Waals surface area contributed by atoms with Crippen LogP contribution in [0.15, 0.2) is 36.4 Å². The number of aryl methyl sites for hydroxylation is 1. The van der Waals surface area contributed by atoms with Crippen molar-refractivity contribution in [1.29, 1.82) is 0 Å². The van der Waals surface area contributed by atoms with E-state index in [4.69, 9.17) is 4.74 Å². The number of nitrogens with one attached hydrogen (secondary N) is 1. The summed E-state index contributed by atoms with van der Waals surface area (Å²) < 4.78 is 45.8.